The van der Waals surface area contributed by atoms with Gasteiger partial charge in [-0.2, -0.15) is 0 Å². The molecule has 0 aliphatic rings. The molecule has 0 aliphatic carbocycles. The summed E-state index contributed by atoms with van der Waals surface area (Å²) in [7, 11) is 1.59. The number of carbonyl (C=O) groups excluding carboxylic acids is 1. The fourth-order valence-electron chi connectivity index (χ4n) is 1.85. The van der Waals surface area contributed by atoms with E-state index < -0.39 is 5.91 Å². The second kappa shape index (κ2) is 5.97. The van der Waals surface area contributed by atoms with Gasteiger partial charge in [0, 0.05) is 17.8 Å². The minimum atomic E-state index is -0.431. The molecule has 0 heterocycles. The number of ether oxygens (including phenoxy) is 1. The Morgan fingerprint density at radius 3 is 2.45 bits per heavy atom. The third-order valence-corrected chi connectivity index (χ3v) is 2.96. The zero-order chi connectivity index (χ0) is 14.5. The molecular weight excluding hydrogens is 254 g/mol. The molecule has 0 aromatic heterocycles. The first kappa shape index (κ1) is 13.7. The molecular formula is C15H17N3O2. The highest BCUT2D eigenvalue weighted by Gasteiger charge is 2.02. The Balaban J connectivity index is 2.01. The van der Waals surface area contributed by atoms with Gasteiger partial charge in [0.1, 0.15) is 5.75 Å². The van der Waals surface area contributed by atoms with Gasteiger partial charge in [-0.3, -0.25) is 4.79 Å². The standard InChI is InChI=1S/C15H17N3O2/c1-20-14-7-2-10(8-13(14)16)9-18-12-5-3-11(4-6-12)15(17)19/h2-8,18H,9,16H2,1H3,(H2,17,19). The van der Waals surface area contributed by atoms with E-state index >= 15 is 0 Å². The van der Waals surface area contributed by atoms with Gasteiger partial charge in [-0.1, -0.05) is 6.07 Å². The number of carbonyl (C=O) groups is 1. The smallest absolute Gasteiger partial charge is 0.248 e. The summed E-state index contributed by atoms with van der Waals surface area (Å²) < 4.78 is 5.11. The second-order valence-electron chi connectivity index (χ2n) is 4.37. The number of hydrogen-bond donors (Lipinski definition) is 3. The fourth-order valence-corrected chi connectivity index (χ4v) is 1.85. The van der Waals surface area contributed by atoms with Gasteiger partial charge in [0.2, 0.25) is 5.91 Å². The number of anilines is 2. The van der Waals surface area contributed by atoms with E-state index in [9.17, 15) is 4.79 Å². The van der Waals surface area contributed by atoms with E-state index in [1.807, 2.05) is 30.3 Å². The molecule has 0 bridgehead atoms. The Morgan fingerprint density at radius 1 is 1.20 bits per heavy atom. The maximum atomic E-state index is 11.0. The molecule has 2 aromatic rings. The van der Waals surface area contributed by atoms with Crippen molar-refractivity contribution >= 4 is 17.3 Å². The molecule has 5 nitrogen and oxygen atoms in total. The first-order chi connectivity index (χ1) is 9.60. The van der Waals surface area contributed by atoms with Crippen molar-refractivity contribution in [2.45, 2.75) is 6.54 Å². The quantitative estimate of drug-likeness (QED) is 0.725. The molecule has 0 radical (unpaired) electrons. The van der Waals surface area contributed by atoms with Crippen LogP contribution in [0.15, 0.2) is 42.5 Å². The summed E-state index contributed by atoms with van der Waals surface area (Å²) in [5.74, 6) is 0.235. The summed E-state index contributed by atoms with van der Waals surface area (Å²) in [5, 5.41) is 3.24. The summed E-state index contributed by atoms with van der Waals surface area (Å²) in [5.41, 5.74) is 14.1. The van der Waals surface area contributed by atoms with Crippen LogP contribution >= 0.6 is 0 Å². The highest BCUT2D eigenvalue weighted by atomic mass is 16.5. The molecule has 20 heavy (non-hydrogen) atoms. The van der Waals surface area contributed by atoms with Crippen molar-refractivity contribution in [1.29, 1.82) is 0 Å². The number of nitrogens with one attached hydrogen (secondary N) is 1. The summed E-state index contributed by atoms with van der Waals surface area (Å²) in [6, 6.07) is 12.6. The van der Waals surface area contributed by atoms with Crippen molar-refractivity contribution in [3.63, 3.8) is 0 Å². The number of amides is 1. The molecule has 5 N–H and O–H groups in total. The molecule has 0 fully saturated rings. The summed E-state index contributed by atoms with van der Waals surface area (Å²) in [6.45, 7) is 0.629. The van der Waals surface area contributed by atoms with Crippen molar-refractivity contribution in [2.24, 2.45) is 5.73 Å². The summed E-state index contributed by atoms with van der Waals surface area (Å²) in [6.07, 6.45) is 0. The molecule has 0 aliphatic heterocycles. The normalized spacial score (nSPS) is 10.1. The van der Waals surface area contributed by atoms with Crippen molar-refractivity contribution in [2.75, 3.05) is 18.2 Å². The topological polar surface area (TPSA) is 90.4 Å². The number of benzene rings is 2. The highest BCUT2D eigenvalue weighted by molar-refractivity contribution is 5.93. The number of rotatable bonds is 5. The minimum Gasteiger partial charge on any atom is -0.495 e. The average molecular weight is 271 g/mol. The van der Waals surface area contributed by atoms with E-state index in [2.05, 4.69) is 5.32 Å². The lowest BCUT2D eigenvalue weighted by Gasteiger charge is -2.09. The molecule has 0 unspecified atom stereocenters. The van der Waals surface area contributed by atoms with E-state index in [1.165, 1.54) is 0 Å². The molecule has 1 amide bonds. The maximum absolute atomic E-state index is 11.0. The Hall–Kier alpha value is -2.69. The van der Waals surface area contributed by atoms with Crippen LogP contribution in [0.2, 0.25) is 0 Å². The van der Waals surface area contributed by atoms with Crippen LogP contribution in [-0.4, -0.2) is 13.0 Å². The molecule has 5 heteroatoms. The molecule has 0 spiro atoms. The number of methoxy groups -OCH3 is 1. The van der Waals surface area contributed by atoms with Crippen LogP contribution in [0.5, 0.6) is 5.75 Å². The molecule has 0 atom stereocenters. The Morgan fingerprint density at radius 2 is 1.90 bits per heavy atom. The van der Waals surface area contributed by atoms with Crippen LogP contribution in [0.3, 0.4) is 0 Å². The number of primary amides is 1. The van der Waals surface area contributed by atoms with Crippen LogP contribution in [0.25, 0.3) is 0 Å². The van der Waals surface area contributed by atoms with E-state index in [4.69, 9.17) is 16.2 Å². The van der Waals surface area contributed by atoms with Crippen LogP contribution < -0.4 is 21.5 Å². The van der Waals surface area contributed by atoms with Gasteiger partial charge < -0.3 is 21.5 Å². The van der Waals surface area contributed by atoms with Gasteiger partial charge in [0.05, 0.1) is 12.8 Å². The Bertz CT molecular complexity index is 609. The first-order valence-electron chi connectivity index (χ1n) is 6.16. The van der Waals surface area contributed by atoms with E-state index in [0.717, 1.165) is 11.3 Å². The number of nitrogens with two attached hydrogens (primary N) is 2. The third-order valence-electron chi connectivity index (χ3n) is 2.96. The molecule has 2 aromatic carbocycles. The molecule has 0 saturated heterocycles. The average Bonchev–Trinajstić information content (AvgIpc) is 2.45. The van der Waals surface area contributed by atoms with Crippen LogP contribution in [0.1, 0.15) is 15.9 Å². The summed E-state index contributed by atoms with van der Waals surface area (Å²) >= 11 is 0. The second-order valence-corrected chi connectivity index (χ2v) is 4.37. The van der Waals surface area contributed by atoms with Crippen molar-refractivity contribution in [3.05, 3.63) is 53.6 Å². The van der Waals surface area contributed by atoms with E-state index in [1.54, 1.807) is 19.2 Å². The first-order valence-corrected chi connectivity index (χ1v) is 6.16. The monoisotopic (exact) mass is 271 g/mol. The van der Waals surface area contributed by atoms with Crippen LogP contribution in [0, 0.1) is 0 Å². The summed E-state index contributed by atoms with van der Waals surface area (Å²) in [4.78, 5) is 11.0. The Kier molecular flexibility index (Phi) is 4.10. The van der Waals surface area contributed by atoms with Crippen molar-refractivity contribution in [3.8, 4) is 5.75 Å². The SMILES string of the molecule is COc1ccc(CNc2ccc(C(N)=O)cc2)cc1N. The predicted octanol–water partition coefficient (Wildman–Crippen LogP) is 1.99. The Labute approximate surface area is 117 Å². The van der Waals surface area contributed by atoms with Gasteiger partial charge >= 0.3 is 0 Å². The minimum absolute atomic E-state index is 0.431. The zero-order valence-corrected chi connectivity index (χ0v) is 11.2. The number of nitrogen functional groups attached to an aromatic ring is 1. The van der Waals surface area contributed by atoms with Crippen LogP contribution in [0.4, 0.5) is 11.4 Å². The van der Waals surface area contributed by atoms with Crippen molar-refractivity contribution < 1.29 is 9.53 Å². The fraction of sp³-hybridized carbons (Fsp3) is 0.133. The highest BCUT2D eigenvalue weighted by Crippen LogP contribution is 2.22. The van der Waals surface area contributed by atoms with Gasteiger partial charge in [0.25, 0.3) is 0 Å². The van der Waals surface area contributed by atoms with E-state index in [0.29, 0.717) is 23.5 Å². The number of hydrogen-bond acceptors (Lipinski definition) is 4. The molecule has 0 saturated carbocycles. The third kappa shape index (κ3) is 3.20. The van der Waals surface area contributed by atoms with Crippen molar-refractivity contribution in [1.82, 2.24) is 0 Å². The largest absolute Gasteiger partial charge is 0.495 e. The van der Waals surface area contributed by atoms with Gasteiger partial charge in [-0.25, -0.2) is 0 Å². The molecule has 104 valence electrons. The van der Waals surface area contributed by atoms with Crippen LogP contribution in [-0.2, 0) is 6.54 Å². The maximum Gasteiger partial charge on any atom is 0.248 e. The predicted molar refractivity (Wildman–Crippen MR) is 79.7 cm³/mol. The zero-order valence-electron chi connectivity index (χ0n) is 11.2. The lowest BCUT2D eigenvalue weighted by Crippen LogP contribution is -2.10. The van der Waals surface area contributed by atoms with Gasteiger partial charge in [-0.05, 0) is 42.0 Å². The van der Waals surface area contributed by atoms with Gasteiger partial charge in [0.15, 0.2) is 0 Å². The molecule has 2 rings (SSSR count). The van der Waals surface area contributed by atoms with E-state index in [-0.39, 0.29) is 0 Å². The lowest BCUT2D eigenvalue weighted by atomic mass is 10.1. The van der Waals surface area contributed by atoms with Gasteiger partial charge in [-0.15, -0.1) is 0 Å². The lowest BCUT2D eigenvalue weighted by molar-refractivity contribution is 0.100.